The molecule has 0 saturated heterocycles. The Morgan fingerprint density at radius 3 is 2.19 bits per heavy atom. The molecule has 0 unspecified atom stereocenters. The third-order valence-corrected chi connectivity index (χ3v) is 12.6. The van der Waals surface area contributed by atoms with Gasteiger partial charge < -0.3 is 14.0 Å². The second-order valence-electron chi connectivity index (χ2n) is 16.9. The van der Waals surface area contributed by atoms with Crippen molar-refractivity contribution < 1.29 is 25.9 Å². The molecule has 0 aliphatic heterocycles. The van der Waals surface area contributed by atoms with E-state index in [0.29, 0.717) is 0 Å². The number of para-hydroxylation sites is 4. The molecule has 0 bridgehead atoms. The molecule has 0 atom stereocenters. The van der Waals surface area contributed by atoms with Gasteiger partial charge in [0.05, 0.1) is 36.2 Å². The number of aromatic nitrogens is 3. The first kappa shape index (κ1) is 39.4. The predicted molar refractivity (Wildman–Crippen MR) is 242 cm³/mol. The molecule has 4 nitrogen and oxygen atoms in total. The Hall–Kier alpha value is -5.39. The molecule has 9 aromatic rings. The zero-order valence-electron chi connectivity index (χ0n) is 35.4. The van der Waals surface area contributed by atoms with Gasteiger partial charge >= 0.3 is 0 Å². The van der Waals surface area contributed by atoms with Gasteiger partial charge in [-0.2, -0.15) is 0 Å². The fourth-order valence-electron chi connectivity index (χ4n) is 7.41. The molecule has 9 rings (SSSR count). The van der Waals surface area contributed by atoms with Gasteiger partial charge in [0.15, 0.2) is 0 Å². The van der Waals surface area contributed by atoms with Crippen LogP contribution in [0.4, 0.5) is 0 Å². The summed E-state index contributed by atoms with van der Waals surface area (Å²) in [7, 11) is -1.29. The Morgan fingerprint density at radius 1 is 0.759 bits per heavy atom. The summed E-state index contributed by atoms with van der Waals surface area (Å²) in [5.41, 5.74) is 12.0. The van der Waals surface area contributed by atoms with E-state index >= 15 is 0 Å². The van der Waals surface area contributed by atoms with Crippen LogP contribution >= 0.6 is 0 Å². The molecule has 0 saturated carbocycles. The first-order chi connectivity index (χ1) is 27.7. The van der Waals surface area contributed by atoms with E-state index in [0.717, 1.165) is 66.9 Å². The Balaban J connectivity index is 0.000000214. The number of hydrogen-bond acceptors (Lipinski definition) is 3. The molecule has 0 aliphatic rings. The average molecular weight is 953 g/mol. The van der Waals surface area contributed by atoms with Gasteiger partial charge in [-0.1, -0.05) is 162 Å². The normalized spacial score (nSPS) is 12.2. The maximum atomic E-state index is 8.01. The molecule has 6 heteroatoms. The molecular formula is C52H49IrN3OSi-2. The summed E-state index contributed by atoms with van der Waals surface area (Å²) in [6.45, 7) is 17.5. The molecular weight excluding hydrogens is 903 g/mol. The second-order valence-corrected chi connectivity index (χ2v) is 22.0. The van der Waals surface area contributed by atoms with Crippen molar-refractivity contribution in [2.45, 2.75) is 65.6 Å². The van der Waals surface area contributed by atoms with Gasteiger partial charge in [0.25, 0.3) is 0 Å². The Labute approximate surface area is 358 Å². The van der Waals surface area contributed by atoms with E-state index in [9.17, 15) is 0 Å². The zero-order chi connectivity index (χ0) is 40.8. The monoisotopic (exact) mass is 953 g/mol. The van der Waals surface area contributed by atoms with Gasteiger partial charge in [0, 0.05) is 38.6 Å². The van der Waals surface area contributed by atoms with Crippen LogP contribution in [-0.4, -0.2) is 22.6 Å². The molecule has 0 aliphatic carbocycles. The average Bonchev–Trinajstić information content (AvgIpc) is 3.79. The van der Waals surface area contributed by atoms with Crippen molar-refractivity contribution in [2.75, 3.05) is 0 Å². The molecule has 3 heterocycles. The van der Waals surface area contributed by atoms with E-state index in [4.69, 9.17) is 10.8 Å². The van der Waals surface area contributed by atoms with E-state index in [1.807, 2.05) is 62.5 Å². The standard InChI is InChI=1S/C35H27N2O.C17H22NSi.Ir/c1-35(2,3)28-19-12-16-24(23-13-5-4-6-14-23)32(28)37-30-21-9-8-20-29(30)36-34(37)27-18-11-17-26-25-15-7-10-22-31(25)38-33(26)27;1-13(2)14-6-8-15(9-7-14)17-11-10-16(12-18-17)19(3,4)5;/h4-17,19-22H,1-3H3;6-8,10-13H,1-5H3;/q2*-1;/i;13D;. The van der Waals surface area contributed by atoms with Crippen molar-refractivity contribution in [3.05, 3.63) is 169 Å². The van der Waals surface area contributed by atoms with E-state index in [2.05, 4.69) is 159 Å². The summed E-state index contributed by atoms with van der Waals surface area (Å²) in [4.78, 5) is 9.77. The molecule has 6 aromatic carbocycles. The molecule has 58 heavy (non-hydrogen) atoms. The van der Waals surface area contributed by atoms with Crippen LogP contribution in [0.1, 0.15) is 53.0 Å². The molecule has 0 spiro atoms. The fraction of sp³-hybridized carbons (Fsp3) is 0.192. The van der Waals surface area contributed by atoms with Crippen molar-refractivity contribution in [2.24, 2.45) is 0 Å². The maximum Gasteiger partial charge on any atom is 0.120 e. The molecule has 0 amide bonds. The second kappa shape index (κ2) is 16.5. The van der Waals surface area contributed by atoms with Crippen LogP contribution in [0.25, 0.3) is 72.4 Å². The van der Waals surface area contributed by atoms with E-state index in [1.165, 1.54) is 21.9 Å². The fourth-order valence-corrected chi connectivity index (χ4v) is 8.44. The van der Waals surface area contributed by atoms with Crippen LogP contribution in [0, 0.1) is 12.1 Å². The SMILES string of the molecule is CC(C)(C)c1cccc(-c2ccccc2)c1-n1c(-c2[c-]ccc3c2oc2ccccc23)nc2ccccc21.[2H]C(C)(C)c1c[c-]c(-c2ccc([Si](C)(C)C)cn2)cc1.[Ir]. The number of fused-ring (bicyclic) bond motifs is 4. The van der Waals surface area contributed by atoms with Crippen molar-refractivity contribution in [3.8, 4) is 39.5 Å². The van der Waals surface area contributed by atoms with Gasteiger partial charge in [0.1, 0.15) is 5.58 Å². The van der Waals surface area contributed by atoms with Crippen LogP contribution in [0.5, 0.6) is 0 Å². The van der Waals surface area contributed by atoms with Crippen LogP contribution < -0.4 is 5.19 Å². The number of imidazole rings is 1. The topological polar surface area (TPSA) is 43.9 Å². The van der Waals surface area contributed by atoms with Gasteiger partial charge in [0.2, 0.25) is 0 Å². The summed E-state index contributed by atoms with van der Waals surface area (Å²) in [5, 5.41) is 3.53. The van der Waals surface area contributed by atoms with Crippen molar-refractivity contribution in [3.63, 3.8) is 0 Å². The number of benzene rings is 6. The maximum absolute atomic E-state index is 8.01. The largest absolute Gasteiger partial charge is 0.501 e. The van der Waals surface area contributed by atoms with E-state index in [1.54, 1.807) is 0 Å². The van der Waals surface area contributed by atoms with E-state index in [-0.39, 0.29) is 25.5 Å². The molecule has 293 valence electrons. The van der Waals surface area contributed by atoms with Crippen LogP contribution in [0.3, 0.4) is 0 Å². The minimum absolute atomic E-state index is 0. The first-order valence-electron chi connectivity index (χ1n) is 20.2. The van der Waals surface area contributed by atoms with Crippen LogP contribution in [-0.2, 0) is 25.5 Å². The Morgan fingerprint density at radius 2 is 1.50 bits per heavy atom. The summed E-state index contributed by atoms with van der Waals surface area (Å²) >= 11 is 0. The number of pyridine rings is 1. The predicted octanol–water partition coefficient (Wildman–Crippen LogP) is 13.6. The first-order valence-corrected chi connectivity index (χ1v) is 23.2. The molecule has 3 aromatic heterocycles. The summed E-state index contributed by atoms with van der Waals surface area (Å²) in [6, 6.07) is 54.7. The Bertz CT molecular complexity index is 2820. The minimum atomic E-state index is -1.29. The zero-order valence-corrected chi connectivity index (χ0v) is 37.8. The Kier molecular flexibility index (Phi) is 11.2. The molecule has 0 fully saturated rings. The van der Waals surface area contributed by atoms with Gasteiger partial charge in [-0.05, 0) is 45.6 Å². The molecule has 0 N–H and O–H groups in total. The summed E-state index contributed by atoms with van der Waals surface area (Å²) < 4.78 is 16.8. The van der Waals surface area contributed by atoms with Gasteiger partial charge in [-0.25, -0.2) is 0 Å². The smallest absolute Gasteiger partial charge is 0.120 e. The van der Waals surface area contributed by atoms with Gasteiger partial charge in [-0.15, -0.1) is 53.6 Å². The number of rotatable bonds is 6. The summed E-state index contributed by atoms with van der Waals surface area (Å²) in [5.74, 6) is 0.245. The third kappa shape index (κ3) is 8.02. The van der Waals surface area contributed by atoms with Crippen LogP contribution in [0.15, 0.2) is 150 Å². The van der Waals surface area contributed by atoms with Crippen molar-refractivity contribution in [1.82, 2.24) is 14.5 Å². The minimum Gasteiger partial charge on any atom is -0.501 e. The van der Waals surface area contributed by atoms with Gasteiger partial charge in [-0.3, -0.25) is 4.98 Å². The quantitative estimate of drug-likeness (QED) is 0.123. The number of furan rings is 1. The summed E-state index contributed by atoms with van der Waals surface area (Å²) in [6.07, 6.45) is 2.00. The van der Waals surface area contributed by atoms with Crippen LogP contribution in [0.2, 0.25) is 19.6 Å². The van der Waals surface area contributed by atoms with Crippen molar-refractivity contribution >= 4 is 46.2 Å². The van der Waals surface area contributed by atoms with Crippen molar-refractivity contribution in [1.29, 1.82) is 0 Å². The number of hydrogen-bond donors (Lipinski definition) is 0. The third-order valence-electron chi connectivity index (χ3n) is 10.6. The number of nitrogens with zero attached hydrogens (tertiary/aromatic N) is 3. The molecule has 1 radical (unpaired) electrons. The van der Waals surface area contributed by atoms with E-state index < -0.39 is 14.0 Å².